The number of hydrogen-bond acceptors (Lipinski definition) is 6. The molecule has 0 bridgehead atoms. The van der Waals surface area contributed by atoms with E-state index >= 15 is 0 Å². The van der Waals surface area contributed by atoms with Crippen LogP contribution >= 0.6 is 0 Å². The number of rotatable bonds is 2. The summed E-state index contributed by atoms with van der Waals surface area (Å²) in [5.74, 6) is 3.93. The van der Waals surface area contributed by atoms with Crippen molar-refractivity contribution in [1.29, 1.82) is 0 Å². The topological polar surface area (TPSA) is 79.1 Å². The molecule has 5 heterocycles. The summed E-state index contributed by atoms with van der Waals surface area (Å²) in [6, 6.07) is 2.11. The minimum Gasteiger partial charge on any atom is -0.376 e. The summed E-state index contributed by atoms with van der Waals surface area (Å²) < 4.78 is 18.0. The van der Waals surface area contributed by atoms with Gasteiger partial charge in [-0.2, -0.15) is 5.10 Å². The lowest BCUT2D eigenvalue weighted by atomic mass is 9.93. The van der Waals surface area contributed by atoms with Gasteiger partial charge in [0.2, 0.25) is 0 Å². The van der Waals surface area contributed by atoms with E-state index in [4.69, 9.17) is 13.8 Å². The fourth-order valence-corrected chi connectivity index (χ4v) is 4.71. The van der Waals surface area contributed by atoms with Crippen molar-refractivity contribution >= 4 is 0 Å². The van der Waals surface area contributed by atoms with Crippen molar-refractivity contribution in [3.05, 3.63) is 52.0 Å². The molecule has 3 aromatic heterocycles. The Labute approximate surface area is 223 Å². The van der Waals surface area contributed by atoms with Gasteiger partial charge >= 0.3 is 0 Å². The molecule has 3 aromatic rings. The zero-order valence-electron chi connectivity index (χ0n) is 24.2. The molecule has 206 valence electrons. The average Bonchev–Trinajstić information content (AvgIpc) is 3.62. The molecule has 0 aromatic carbocycles. The standard InChI is InChI=1S/C10H15NO.C9H13NO2.C7H10N2.C4H10/c1-7(2)10-8-5-3-4-6-9(8)12-11-10;1-6(2)9-7-5-11-4-3-8(7)12-10-9;1-2-6-9-7(3-1)4-5-8-9;1-4(2)3/h7H,3-6H2,1-2H3;6H,3-5H2,1-2H3;4-5H,1-3,6H2;4H,1-3H3. The Kier molecular flexibility index (Phi) is 11.4. The molecule has 3 aliphatic rings. The second kappa shape index (κ2) is 14.5. The molecule has 0 radical (unpaired) electrons. The maximum atomic E-state index is 5.35. The normalized spacial score (nSPS) is 15.9. The second-order valence-corrected chi connectivity index (χ2v) is 11.5. The van der Waals surface area contributed by atoms with Crippen LogP contribution in [0.15, 0.2) is 21.3 Å². The lowest BCUT2D eigenvalue weighted by Gasteiger charge is -2.11. The van der Waals surface area contributed by atoms with Gasteiger partial charge < -0.3 is 13.8 Å². The van der Waals surface area contributed by atoms with Crippen molar-refractivity contribution in [2.24, 2.45) is 5.92 Å². The van der Waals surface area contributed by atoms with E-state index in [2.05, 4.69) is 74.6 Å². The predicted molar refractivity (Wildman–Crippen MR) is 147 cm³/mol. The molecule has 2 aliphatic heterocycles. The van der Waals surface area contributed by atoms with E-state index in [-0.39, 0.29) is 0 Å². The monoisotopic (exact) mass is 512 g/mol. The largest absolute Gasteiger partial charge is 0.376 e. The average molecular weight is 513 g/mol. The summed E-state index contributed by atoms with van der Waals surface area (Å²) >= 11 is 0. The van der Waals surface area contributed by atoms with Crippen LogP contribution in [-0.2, 0) is 43.6 Å². The highest BCUT2D eigenvalue weighted by molar-refractivity contribution is 5.27. The van der Waals surface area contributed by atoms with E-state index in [0.29, 0.717) is 18.4 Å². The lowest BCUT2D eigenvalue weighted by Crippen LogP contribution is -2.10. The maximum Gasteiger partial charge on any atom is 0.144 e. The minimum atomic E-state index is 0.430. The van der Waals surface area contributed by atoms with Gasteiger partial charge in [-0.25, -0.2) is 0 Å². The van der Waals surface area contributed by atoms with Gasteiger partial charge in [-0.05, 0) is 62.3 Å². The highest BCUT2D eigenvalue weighted by Gasteiger charge is 2.21. The maximum absolute atomic E-state index is 5.35. The SMILES string of the molecule is CC(C)C.CC(C)c1noc2c1CCCC2.CC(C)c1noc2c1COCC2.c1cc2n(n1)CCCC2. The number of fused-ring (bicyclic) bond motifs is 3. The molecule has 0 unspecified atom stereocenters. The van der Waals surface area contributed by atoms with Crippen molar-refractivity contribution in [2.75, 3.05) is 6.61 Å². The molecule has 6 rings (SSSR count). The van der Waals surface area contributed by atoms with E-state index in [1.807, 2.05) is 6.20 Å². The third-order valence-electron chi connectivity index (χ3n) is 6.55. The molecule has 1 aliphatic carbocycles. The highest BCUT2D eigenvalue weighted by Crippen LogP contribution is 2.28. The molecule has 0 spiro atoms. The fraction of sp³-hybridized carbons (Fsp3) is 0.700. The van der Waals surface area contributed by atoms with Crippen LogP contribution in [0.25, 0.3) is 0 Å². The van der Waals surface area contributed by atoms with Gasteiger partial charge in [0.1, 0.15) is 11.5 Å². The van der Waals surface area contributed by atoms with Crippen LogP contribution in [0.5, 0.6) is 0 Å². The molecule has 0 saturated heterocycles. The Hall–Kier alpha value is -2.41. The van der Waals surface area contributed by atoms with Crippen molar-refractivity contribution in [3.63, 3.8) is 0 Å². The van der Waals surface area contributed by atoms with Gasteiger partial charge in [0.15, 0.2) is 0 Å². The van der Waals surface area contributed by atoms with Gasteiger partial charge in [0.05, 0.1) is 24.6 Å². The van der Waals surface area contributed by atoms with Crippen LogP contribution in [-0.4, -0.2) is 26.7 Å². The summed E-state index contributed by atoms with van der Waals surface area (Å²) in [6.07, 6.45) is 11.4. The third kappa shape index (κ3) is 8.56. The van der Waals surface area contributed by atoms with Crippen molar-refractivity contribution in [2.45, 2.75) is 125 Å². The summed E-state index contributed by atoms with van der Waals surface area (Å²) in [5.41, 5.74) is 6.23. The molecule has 0 atom stereocenters. The Morgan fingerprint density at radius 2 is 1.32 bits per heavy atom. The number of ether oxygens (including phenoxy) is 1. The smallest absolute Gasteiger partial charge is 0.144 e. The van der Waals surface area contributed by atoms with Crippen molar-refractivity contribution < 1.29 is 13.8 Å². The van der Waals surface area contributed by atoms with E-state index in [9.17, 15) is 0 Å². The first kappa shape index (κ1) is 29.2. The Morgan fingerprint density at radius 1 is 0.730 bits per heavy atom. The highest BCUT2D eigenvalue weighted by atomic mass is 16.5. The first-order valence-corrected chi connectivity index (χ1v) is 14.3. The van der Waals surface area contributed by atoms with Crippen LogP contribution in [0.1, 0.15) is 126 Å². The molecule has 37 heavy (non-hydrogen) atoms. The van der Waals surface area contributed by atoms with Gasteiger partial charge in [-0.1, -0.05) is 58.8 Å². The summed E-state index contributed by atoms with van der Waals surface area (Å²) in [6.45, 7) is 17.6. The van der Waals surface area contributed by atoms with Crippen LogP contribution < -0.4 is 0 Å². The third-order valence-corrected chi connectivity index (χ3v) is 6.55. The number of hydrogen-bond donors (Lipinski definition) is 0. The number of nitrogens with zero attached hydrogens (tertiary/aromatic N) is 4. The van der Waals surface area contributed by atoms with E-state index in [1.54, 1.807) is 0 Å². The predicted octanol–water partition coefficient (Wildman–Crippen LogP) is 7.43. The molecule has 0 amide bonds. The summed E-state index contributed by atoms with van der Waals surface area (Å²) in [4.78, 5) is 0. The number of aromatic nitrogens is 4. The van der Waals surface area contributed by atoms with Gasteiger partial charge in [0.25, 0.3) is 0 Å². The van der Waals surface area contributed by atoms with Crippen molar-refractivity contribution in [1.82, 2.24) is 20.1 Å². The zero-order valence-corrected chi connectivity index (χ0v) is 24.2. The lowest BCUT2D eigenvalue weighted by molar-refractivity contribution is 0.102. The van der Waals surface area contributed by atoms with Crippen molar-refractivity contribution in [3.8, 4) is 0 Å². The quantitative estimate of drug-likeness (QED) is 0.355. The van der Waals surface area contributed by atoms with E-state index in [1.165, 1.54) is 61.0 Å². The Morgan fingerprint density at radius 3 is 1.97 bits per heavy atom. The zero-order chi connectivity index (χ0) is 26.8. The fourth-order valence-electron chi connectivity index (χ4n) is 4.71. The first-order chi connectivity index (χ1) is 17.8. The molecular formula is C30H48N4O3. The molecule has 0 fully saturated rings. The number of aryl methyl sites for hydroxylation is 3. The van der Waals surface area contributed by atoms with Gasteiger partial charge in [-0.15, -0.1) is 0 Å². The first-order valence-electron chi connectivity index (χ1n) is 14.3. The molecule has 0 N–H and O–H groups in total. The van der Waals surface area contributed by atoms with Crippen LogP contribution in [0.2, 0.25) is 0 Å². The Bertz CT molecular complexity index is 980. The van der Waals surface area contributed by atoms with Crippen LogP contribution in [0, 0.1) is 5.92 Å². The van der Waals surface area contributed by atoms with Gasteiger partial charge in [-0.3, -0.25) is 4.68 Å². The van der Waals surface area contributed by atoms with Crippen LogP contribution in [0.3, 0.4) is 0 Å². The van der Waals surface area contributed by atoms with Gasteiger partial charge in [0, 0.05) is 42.4 Å². The molecule has 7 nitrogen and oxygen atoms in total. The second-order valence-electron chi connectivity index (χ2n) is 11.5. The van der Waals surface area contributed by atoms with E-state index < -0.39 is 0 Å². The summed E-state index contributed by atoms with van der Waals surface area (Å²) in [7, 11) is 0. The van der Waals surface area contributed by atoms with E-state index in [0.717, 1.165) is 49.1 Å². The molecule has 7 heteroatoms. The minimum absolute atomic E-state index is 0.430. The molecule has 0 saturated carbocycles. The Balaban J connectivity index is 0.000000145. The summed E-state index contributed by atoms with van der Waals surface area (Å²) in [5, 5.41) is 12.3. The molecular weight excluding hydrogens is 464 g/mol. The van der Waals surface area contributed by atoms with Crippen LogP contribution in [0.4, 0.5) is 0 Å².